The summed E-state index contributed by atoms with van der Waals surface area (Å²) in [6.07, 6.45) is 5.58. The molecule has 0 unspecified atom stereocenters. The molecular formula is C17H22N4OS. The van der Waals surface area contributed by atoms with Crippen molar-refractivity contribution in [1.29, 1.82) is 0 Å². The fourth-order valence-electron chi connectivity index (χ4n) is 2.92. The Morgan fingerprint density at radius 2 is 2.04 bits per heavy atom. The van der Waals surface area contributed by atoms with Crippen LogP contribution in [0, 0.1) is 12.3 Å². The molecule has 23 heavy (non-hydrogen) atoms. The lowest BCUT2D eigenvalue weighted by Gasteiger charge is -2.30. The monoisotopic (exact) mass is 330 g/mol. The van der Waals surface area contributed by atoms with Crippen LogP contribution in [0.1, 0.15) is 51.0 Å². The molecule has 0 spiro atoms. The molecule has 0 aliphatic carbocycles. The number of carbonyl (C=O) groups excluding carboxylic acids is 1. The Kier molecular flexibility index (Phi) is 4.19. The van der Waals surface area contributed by atoms with E-state index >= 15 is 0 Å². The number of amides is 1. The van der Waals surface area contributed by atoms with E-state index in [4.69, 9.17) is 0 Å². The third kappa shape index (κ3) is 3.13. The second-order valence-electron chi connectivity index (χ2n) is 7.00. The van der Waals surface area contributed by atoms with E-state index in [0.717, 1.165) is 41.3 Å². The first-order chi connectivity index (χ1) is 10.9. The molecule has 1 atom stereocenters. The van der Waals surface area contributed by atoms with Crippen LogP contribution in [0.3, 0.4) is 0 Å². The van der Waals surface area contributed by atoms with Gasteiger partial charge in [-0.05, 0) is 19.8 Å². The molecule has 5 nitrogen and oxygen atoms in total. The molecule has 2 aromatic heterocycles. The zero-order valence-corrected chi connectivity index (χ0v) is 14.9. The normalized spacial score (nSPS) is 18.4. The predicted octanol–water partition coefficient (Wildman–Crippen LogP) is 3.62. The Morgan fingerprint density at radius 1 is 1.26 bits per heavy atom. The number of hydrogen-bond acceptors (Lipinski definition) is 5. The minimum atomic E-state index is -0.365. The van der Waals surface area contributed by atoms with Crippen LogP contribution in [-0.4, -0.2) is 32.3 Å². The first-order valence-corrected chi connectivity index (χ1v) is 8.79. The average Bonchev–Trinajstić information content (AvgIpc) is 3.14. The Hall–Kier alpha value is -1.82. The number of rotatable bonds is 2. The van der Waals surface area contributed by atoms with Gasteiger partial charge in [-0.3, -0.25) is 14.8 Å². The molecule has 0 bridgehead atoms. The molecule has 0 saturated carbocycles. The molecular weight excluding hydrogens is 308 g/mol. The minimum absolute atomic E-state index is 0.0471. The van der Waals surface area contributed by atoms with Gasteiger partial charge in [0.1, 0.15) is 5.69 Å². The van der Waals surface area contributed by atoms with Gasteiger partial charge in [-0.2, -0.15) is 0 Å². The van der Waals surface area contributed by atoms with Crippen LogP contribution >= 0.6 is 11.3 Å². The Bertz CT molecular complexity index is 702. The summed E-state index contributed by atoms with van der Waals surface area (Å²) in [6, 6.07) is 0.0471. The zero-order valence-electron chi connectivity index (χ0n) is 14.0. The van der Waals surface area contributed by atoms with Crippen LogP contribution in [0.4, 0.5) is 0 Å². The van der Waals surface area contributed by atoms with Crippen molar-refractivity contribution in [3.8, 4) is 10.6 Å². The Balaban J connectivity index is 1.84. The molecule has 2 aromatic rings. The van der Waals surface area contributed by atoms with Gasteiger partial charge in [0.15, 0.2) is 0 Å². The van der Waals surface area contributed by atoms with Gasteiger partial charge >= 0.3 is 0 Å². The first kappa shape index (κ1) is 16.1. The third-order valence-corrected chi connectivity index (χ3v) is 5.10. The number of aryl methyl sites for hydroxylation is 1. The third-order valence-electron chi connectivity index (χ3n) is 4.15. The van der Waals surface area contributed by atoms with Crippen LogP contribution in [0.15, 0.2) is 17.9 Å². The average molecular weight is 330 g/mol. The lowest BCUT2D eigenvalue weighted by molar-refractivity contribution is -0.140. The van der Waals surface area contributed by atoms with Gasteiger partial charge in [0.2, 0.25) is 5.91 Å². The molecule has 1 aliphatic heterocycles. The van der Waals surface area contributed by atoms with E-state index in [2.05, 4.69) is 15.0 Å². The van der Waals surface area contributed by atoms with Crippen molar-refractivity contribution in [2.75, 3.05) is 6.54 Å². The van der Waals surface area contributed by atoms with Crippen LogP contribution in [0.5, 0.6) is 0 Å². The summed E-state index contributed by atoms with van der Waals surface area (Å²) in [4.78, 5) is 29.0. The van der Waals surface area contributed by atoms with Crippen LogP contribution in [0.25, 0.3) is 10.6 Å². The van der Waals surface area contributed by atoms with Gasteiger partial charge in [0, 0.05) is 12.0 Å². The van der Waals surface area contributed by atoms with Gasteiger partial charge in [-0.15, -0.1) is 11.3 Å². The first-order valence-electron chi connectivity index (χ1n) is 7.91. The Labute approximate surface area is 140 Å². The fraction of sp³-hybridized carbons (Fsp3) is 0.529. The van der Waals surface area contributed by atoms with E-state index in [1.165, 1.54) is 0 Å². The van der Waals surface area contributed by atoms with Crippen molar-refractivity contribution in [2.24, 2.45) is 5.41 Å². The van der Waals surface area contributed by atoms with Gasteiger partial charge in [-0.1, -0.05) is 20.8 Å². The van der Waals surface area contributed by atoms with E-state index in [-0.39, 0.29) is 17.4 Å². The van der Waals surface area contributed by atoms with E-state index in [1.54, 1.807) is 17.5 Å². The maximum atomic E-state index is 12.6. The molecule has 1 saturated heterocycles. The topological polar surface area (TPSA) is 59.0 Å². The second kappa shape index (κ2) is 6.00. The molecule has 0 N–H and O–H groups in total. The molecule has 6 heteroatoms. The molecule has 1 aliphatic rings. The highest BCUT2D eigenvalue weighted by atomic mass is 32.1. The molecule has 122 valence electrons. The standard InChI is InChI=1S/C17H22N4OS/c1-11-15(23-10-20-11)13-9-18-12(8-19-13)14-6-5-7-21(14)16(22)17(2,3)4/h8-10,14H,5-7H2,1-4H3/t14-/m1/s1. The van der Waals surface area contributed by atoms with Crippen molar-refractivity contribution in [3.63, 3.8) is 0 Å². The molecule has 3 rings (SSSR count). The summed E-state index contributed by atoms with van der Waals surface area (Å²) in [6.45, 7) is 8.67. The highest BCUT2D eigenvalue weighted by molar-refractivity contribution is 7.13. The van der Waals surface area contributed by atoms with Crippen molar-refractivity contribution in [3.05, 3.63) is 29.3 Å². The lowest BCUT2D eigenvalue weighted by Crippen LogP contribution is -2.39. The highest BCUT2D eigenvalue weighted by Crippen LogP contribution is 2.34. The number of likely N-dealkylation sites (tertiary alicyclic amines) is 1. The van der Waals surface area contributed by atoms with Gasteiger partial charge in [0.05, 0.1) is 40.2 Å². The quantitative estimate of drug-likeness (QED) is 0.844. The fourth-order valence-corrected chi connectivity index (χ4v) is 3.69. The van der Waals surface area contributed by atoms with Gasteiger partial charge in [-0.25, -0.2) is 4.98 Å². The molecule has 3 heterocycles. The number of nitrogens with zero attached hydrogens (tertiary/aromatic N) is 4. The van der Waals surface area contributed by atoms with E-state index < -0.39 is 0 Å². The van der Waals surface area contributed by atoms with Gasteiger partial charge < -0.3 is 4.90 Å². The molecule has 0 radical (unpaired) electrons. The summed E-state index contributed by atoms with van der Waals surface area (Å²) >= 11 is 1.57. The minimum Gasteiger partial charge on any atom is -0.334 e. The summed E-state index contributed by atoms with van der Waals surface area (Å²) in [5.74, 6) is 0.184. The predicted molar refractivity (Wildman–Crippen MR) is 91.0 cm³/mol. The summed E-state index contributed by atoms with van der Waals surface area (Å²) in [5.41, 5.74) is 4.16. The van der Waals surface area contributed by atoms with Crippen molar-refractivity contribution in [2.45, 2.75) is 46.6 Å². The summed E-state index contributed by atoms with van der Waals surface area (Å²) in [5, 5.41) is 0. The number of thiazole rings is 1. The largest absolute Gasteiger partial charge is 0.334 e. The van der Waals surface area contributed by atoms with E-state index in [0.29, 0.717) is 0 Å². The SMILES string of the molecule is Cc1ncsc1-c1cnc([C@H]2CCCN2C(=O)C(C)(C)C)cn1. The molecule has 1 amide bonds. The second-order valence-corrected chi connectivity index (χ2v) is 7.85. The van der Waals surface area contributed by atoms with Crippen molar-refractivity contribution in [1.82, 2.24) is 19.9 Å². The van der Waals surface area contributed by atoms with Crippen LogP contribution in [-0.2, 0) is 4.79 Å². The van der Waals surface area contributed by atoms with Crippen LogP contribution in [0.2, 0.25) is 0 Å². The number of carbonyl (C=O) groups is 1. The maximum absolute atomic E-state index is 12.6. The summed E-state index contributed by atoms with van der Waals surface area (Å²) < 4.78 is 0. The van der Waals surface area contributed by atoms with E-state index in [1.807, 2.05) is 44.3 Å². The lowest BCUT2D eigenvalue weighted by atomic mass is 9.94. The molecule has 0 aromatic carbocycles. The number of hydrogen-bond donors (Lipinski definition) is 0. The summed E-state index contributed by atoms with van der Waals surface area (Å²) in [7, 11) is 0. The zero-order chi connectivity index (χ0) is 16.6. The van der Waals surface area contributed by atoms with Crippen molar-refractivity contribution >= 4 is 17.2 Å². The van der Waals surface area contributed by atoms with E-state index in [9.17, 15) is 4.79 Å². The Morgan fingerprint density at radius 3 is 2.61 bits per heavy atom. The molecule has 1 fully saturated rings. The highest BCUT2D eigenvalue weighted by Gasteiger charge is 2.36. The van der Waals surface area contributed by atoms with Crippen molar-refractivity contribution < 1.29 is 4.79 Å². The smallest absolute Gasteiger partial charge is 0.228 e. The van der Waals surface area contributed by atoms with Crippen LogP contribution < -0.4 is 0 Å². The number of aromatic nitrogens is 3. The van der Waals surface area contributed by atoms with Gasteiger partial charge in [0.25, 0.3) is 0 Å². The maximum Gasteiger partial charge on any atom is 0.228 e.